The Kier molecular flexibility index (Phi) is 7.85. The maximum absolute atomic E-state index is 12.4. The quantitative estimate of drug-likeness (QED) is 0.592. The number of rotatable bonds is 10. The van der Waals surface area contributed by atoms with Crippen molar-refractivity contribution in [2.24, 2.45) is 0 Å². The van der Waals surface area contributed by atoms with Crippen molar-refractivity contribution in [3.63, 3.8) is 0 Å². The first-order valence-electron chi connectivity index (χ1n) is 10.6. The van der Waals surface area contributed by atoms with Crippen LogP contribution >= 0.6 is 0 Å². The molecule has 6 nitrogen and oxygen atoms in total. The van der Waals surface area contributed by atoms with Crippen LogP contribution in [0.2, 0.25) is 0 Å². The number of carbonyl (C=O) groups excluding carboxylic acids is 2. The van der Waals surface area contributed by atoms with Crippen LogP contribution in [0.25, 0.3) is 0 Å². The van der Waals surface area contributed by atoms with Gasteiger partial charge in [0.05, 0.1) is 12.6 Å². The van der Waals surface area contributed by atoms with Gasteiger partial charge in [0.1, 0.15) is 12.4 Å². The van der Waals surface area contributed by atoms with Crippen molar-refractivity contribution in [2.45, 2.75) is 45.8 Å². The largest absolute Gasteiger partial charge is 0.492 e. The van der Waals surface area contributed by atoms with Gasteiger partial charge in [0, 0.05) is 26.1 Å². The molecule has 3 rings (SSSR count). The highest BCUT2D eigenvalue weighted by atomic mass is 16.5. The Balaban J connectivity index is 1.42. The molecule has 1 heterocycles. The molecule has 6 heteroatoms. The van der Waals surface area contributed by atoms with Crippen LogP contribution in [0.3, 0.4) is 0 Å². The summed E-state index contributed by atoms with van der Waals surface area (Å²) >= 11 is 0. The summed E-state index contributed by atoms with van der Waals surface area (Å²) in [5.74, 6) is 0.969. The molecule has 1 aliphatic rings. The maximum atomic E-state index is 12.4. The van der Waals surface area contributed by atoms with E-state index in [4.69, 9.17) is 4.74 Å². The summed E-state index contributed by atoms with van der Waals surface area (Å²) in [6.07, 6.45) is 1.58. The lowest BCUT2D eigenvalue weighted by molar-refractivity contribution is -0.128. The minimum Gasteiger partial charge on any atom is -0.492 e. The van der Waals surface area contributed by atoms with Crippen LogP contribution in [0.5, 0.6) is 5.75 Å². The molecule has 30 heavy (non-hydrogen) atoms. The zero-order chi connectivity index (χ0) is 21.3. The number of carbonyl (C=O) groups is 2. The first kappa shape index (κ1) is 21.8. The first-order valence-corrected chi connectivity index (χ1v) is 10.6. The van der Waals surface area contributed by atoms with Crippen molar-refractivity contribution in [3.05, 3.63) is 65.2 Å². The molecule has 0 saturated carbocycles. The third-order valence-corrected chi connectivity index (χ3v) is 5.30. The van der Waals surface area contributed by atoms with Gasteiger partial charge in [-0.1, -0.05) is 36.4 Å². The summed E-state index contributed by atoms with van der Waals surface area (Å²) in [7, 11) is 0. The second-order valence-electron chi connectivity index (χ2n) is 7.75. The molecule has 0 spiro atoms. The van der Waals surface area contributed by atoms with E-state index in [0.717, 1.165) is 35.4 Å². The standard InChI is InChI=1S/C24H31N3O3/c1-18-7-5-10-22(15-18)30-14-12-25-24(29)19(2)26-16-20-8-3-4-9-21(20)17-27-13-6-11-23(27)28/h3-5,7-10,15,19,26H,6,11-14,16-17H2,1-2H3,(H,25,29). The second kappa shape index (κ2) is 10.8. The average Bonchev–Trinajstić information content (AvgIpc) is 3.14. The molecule has 0 aliphatic carbocycles. The Hall–Kier alpha value is -2.86. The molecule has 0 aromatic heterocycles. The molecule has 1 saturated heterocycles. The van der Waals surface area contributed by atoms with Crippen LogP contribution in [0.4, 0.5) is 0 Å². The number of nitrogens with zero attached hydrogens (tertiary/aromatic N) is 1. The third-order valence-electron chi connectivity index (χ3n) is 5.30. The topological polar surface area (TPSA) is 70.7 Å². The van der Waals surface area contributed by atoms with Gasteiger partial charge in [-0.3, -0.25) is 9.59 Å². The van der Waals surface area contributed by atoms with Crippen LogP contribution < -0.4 is 15.4 Å². The second-order valence-corrected chi connectivity index (χ2v) is 7.75. The van der Waals surface area contributed by atoms with Gasteiger partial charge in [-0.2, -0.15) is 0 Å². The zero-order valence-corrected chi connectivity index (χ0v) is 17.8. The van der Waals surface area contributed by atoms with Crippen LogP contribution in [0.1, 0.15) is 36.5 Å². The first-order chi connectivity index (χ1) is 14.5. The fourth-order valence-corrected chi connectivity index (χ4v) is 3.52. The lowest BCUT2D eigenvalue weighted by atomic mass is 10.1. The number of amides is 2. The van der Waals surface area contributed by atoms with Crippen molar-refractivity contribution in [1.82, 2.24) is 15.5 Å². The molecule has 0 radical (unpaired) electrons. The van der Waals surface area contributed by atoms with Crippen LogP contribution in [-0.4, -0.2) is 42.5 Å². The van der Waals surface area contributed by atoms with Crippen LogP contribution in [0.15, 0.2) is 48.5 Å². The van der Waals surface area contributed by atoms with Crippen molar-refractivity contribution in [2.75, 3.05) is 19.7 Å². The van der Waals surface area contributed by atoms with Crippen molar-refractivity contribution < 1.29 is 14.3 Å². The summed E-state index contributed by atoms with van der Waals surface area (Å²) in [4.78, 5) is 26.2. The lowest BCUT2D eigenvalue weighted by Crippen LogP contribution is -2.43. The van der Waals surface area contributed by atoms with Crippen LogP contribution in [-0.2, 0) is 22.7 Å². The predicted octanol–water partition coefficient (Wildman–Crippen LogP) is 2.79. The highest BCUT2D eigenvalue weighted by Gasteiger charge is 2.21. The van der Waals surface area contributed by atoms with Gasteiger partial charge in [-0.15, -0.1) is 0 Å². The van der Waals surface area contributed by atoms with Gasteiger partial charge in [-0.05, 0) is 49.1 Å². The molecule has 160 valence electrons. The molecular formula is C24H31N3O3. The molecule has 1 unspecified atom stereocenters. The van der Waals surface area contributed by atoms with Crippen molar-refractivity contribution in [1.29, 1.82) is 0 Å². The zero-order valence-electron chi connectivity index (χ0n) is 17.8. The average molecular weight is 410 g/mol. The van der Waals surface area contributed by atoms with E-state index in [2.05, 4.69) is 16.7 Å². The van der Waals surface area contributed by atoms with Crippen molar-refractivity contribution >= 4 is 11.8 Å². The molecule has 2 aromatic carbocycles. The van der Waals surface area contributed by atoms with Gasteiger partial charge in [-0.25, -0.2) is 0 Å². The van der Waals surface area contributed by atoms with Crippen LogP contribution in [0, 0.1) is 6.92 Å². The molecule has 1 atom stereocenters. The maximum Gasteiger partial charge on any atom is 0.236 e. The number of likely N-dealkylation sites (tertiary alicyclic amines) is 1. The summed E-state index contributed by atoms with van der Waals surface area (Å²) in [5, 5.41) is 6.19. The number of benzene rings is 2. The smallest absolute Gasteiger partial charge is 0.236 e. The van der Waals surface area contributed by atoms with Gasteiger partial charge in [0.25, 0.3) is 0 Å². The van der Waals surface area contributed by atoms with E-state index < -0.39 is 0 Å². The van der Waals surface area contributed by atoms with Crippen molar-refractivity contribution in [3.8, 4) is 5.75 Å². The minimum absolute atomic E-state index is 0.0601. The number of hydrogen-bond donors (Lipinski definition) is 2. The molecule has 1 aliphatic heterocycles. The predicted molar refractivity (Wildman–Crippen MR) is 117 cm³/mol. The van der Waals surface area contributed by atoms with Gasteiger partial charge in [0.2, 0.25) is 11.8 Å². The van der Waals surface area contributed by atoms with E-state index in [1.807, 2.05) is 61.2 Å². The summed E-state index contributed by atoms with van der Waals surface area (Å²) < 4.78 is 5.67. The van der Waals surface area contributed by atoms with E-state index in [1.54, 1.807) is 0 Å². The Bertz CT molecular complexity index is 868. The molecule has 2 aromatic rings. The summed E-state index contributed by atoms with van der Waals surface area (Å²) in [6.45, 7) is 6.78. The lowest BCUT2D eigenvalue weighted by Gasteiger charge is -2.19. The SMILES string of the molecule is Cc1cccc(OCCNC(=O)C(C)NCc2ccccc2CN2CCCC2=O)c1. The normalized spacial score (nSPS) is 14.6. The Labute approximate surface area is 178 Å². The fraction of sp³-hybridized carbons (Fsp3) is 0.417. The Morgan fingerprint density at radius 3 is 2.70 bits per heavy atom. The highest BCUT2D eigenvalue weighted by Crippen LogP contribution is 2.17. The van der Waals surface area contributed by atoms with Gasteiger partial charge in [0.15, 0.2) is 0 Å². The molecule has 1 fully saturated rings. The third kappa shape index (κ3) is 6.32. The fourth-order valence-electron chi connectivity index (χ4n) is 3.52. The molecular weight excluding hydrogens is 378 g/mol. The van der Waals surface area contributed by atoms with Gasteiger partial charge < -0.3 is 20.3 Å². The number of hydrogen-bond acceptors (Lipinski definition) is 4. The van der Waals surface area contributed by atoms with E-state index in [0.29, 0.717) is 32.7 Å². The van der Waals surface area contributed by atoms with E-state index >= 15 is 0 Å². The molecule has 0 bridgehead atoms. The molecule has 2 amide bonds. The number of aryl methyl sites for hydroxylation is 1. The number of nitrogens with one attached hydrogen (secondary N) is 2. The number of ether oxygens (including phenoxy) is 1. The van der Waals surface area contributed by atoms with Gasteiger partial charge >= 0.3 is 0 Å². The summed E-state index contributed by atoms with van der Waals surface area (Å²) in [5.41, 5.74) is 3.38. The Morgan fingerprint density at radius 1 is 1.17 bits per heavy atom. The van der Waals surface area contributed by atoms with E-state index in [-0.39, 0.29) is 17.9 Å². The molecule has 2 N–H and O–H groups in total. The van der Waals surface area contributed by atoms with E-state index in [9.17, 15) is 9.59 Å². The Morgan fingerprint density at radius 2 is 1.97 bits per heavy atom. The minimum atomic E-state index is -0.328. The highest BCUT2D eigenvalue weighted by molar-refractivity contribution is 5.81. The monoisotopic (exact) mass is 409 g/mol. The summed E-state index contributed by atoms with van der Waals surface area (Å²) in [6, 6.07) is 15.6. The van der Waals surface area contributed by atoms with E-state index in [1.165, 1.54) is 0 Å².